The topological polar surface area (TPSA) is 64.4 Å². The number of rotatable bonds is 4. The molecule has 0 saturated carbocycles. The van der Waals surface area contributed by atoms with Gasteiger partial charge < -0.3 is 14.2 Å². The van der Waals surface area contributed by atoms with Gasteiger partial charge in [0.25, 0.3) is 5.91 Å². The Labute approximate surface area is 147 Å². The maximum absolute atomic E-state index is 12.9. The van der Waals surface area contributed by atoms with Gasteiger partial charge in [-0.2, -0.15) is 0 Å². The van der Waals surface area contributed by atoms with E-state index in [0.717, 1.165) is 49.3 Å². The van der Waals surface area contributed by atoms with Gasteiger partial charge in [-0.25, -0.2) is 4.98 Å². The molecule has 25 heavy (non-hydrogen) atoms. The first-order valence-corrected chi connectivity index (χ1v) is 8.59. The van der Waals surface area contributed by atoms with E-state index < -0.39 is 5.97 Å². The van der Waals surface area contributed by atoms with E-state index in [1.54, 1.807) is 7.05 Å². The van der Waals surface area contributed by atoms with Gasteiger partial charge in [0.15, 0.2) is 0 Å². The molecular formula is C19H23N3O3. The van der Waals surface area contributed by atoms with Crippen LogP contribution in [0.5, 0.6) is 0 Å². The summed E-state index contributed by atoms with van der Waals surface area (Å²) in [6.45, 7) is 0.781. The summed E-state index contributed by atoms with van der Waals surface area (Å²) in [4.78, 5) is 30.4. The number of fused-ring (bicyclic) bond motifs is 1. The van der Waals surface area contributed by atoms with Crippen molar-refractivity contribution in [2.24, 2.45) is 0 Å². The molecule has 2 aromatic rings. The van der Waals surface area contributed by atoms with Gasteiger partial charge in [0.1, 0.15) is 18.1 Å². The van der Waals surface area contributed by atoms with Crippen molar-refractivity contribution in [1.29, 1.82) is 0 Å². The molecule has 0 bridgehead atoms. The smallest absolute Gasteiger partial charge is 0.325 e. The molecule has 0 N–H and O–H groups in total. The van der Waals surface area contributed by atoms with Crippen molar-refractivity contribution in [3.05, 3.63) is 41.7 Å². The average molecular weight is 341 g/mol. The Morgan fingerprint density at radius 1 is 1.20 bits per heavy atom. The number of likely N-dealkylation sites (N-methyl/N-ethyl adjacent to an activating group) is 1. The second kappa shape index (κ2) is 7.51. The SMILES string of the molecule is COC(=O)CN(C)C(=O)c1nc(-c2ccccc2)n2c1CCCCC2. The molecule has 3 rings (SSSR count). The number of hydrogen-bond acceptors (Lipinski definition) is 4. The van der Waals surface area contributed by atoms with Crippen molar-refractivity contribution < 1.29 is 14.3 Å². The van der Waals surface area contributed by atoms with Crippen LogP contribution < -0.4 is 0 Å². The summed E-state index contributed by atoms with van der Waals surface area (Å²) in [5, 5.41) is 0. The standard InChI is InChI=1S/C19H23N3O3/c1-21(13-16(23)25-2)19(24)17-15-11-7-4-8-12-22(15)18(20-17)14-9-5-3-6-10-14/h3,5-6,9-10H,4,7-8,11-13H2,1-2H3. The van der Waals surface area contributed by atoms with E-state index in [0.29, 0.717) is 5.69 Å². The zero-order chi connectivity index (χ0) is 17.8. The average Bonchev–Trinajstić information content (AvgIpc) is 2.82. The fourth-order valence-corrected chi connectivity index (χ4v) is 3.21. The van der Waals surface area contributed by atoms with Crippen LogP contribution in [0.25, 0.3) is 11.4 Å². The van der Waals surface area contributed by atoms with Crippen LogP contribution in [0.3, 0.4) is 0 Å². The van der Waals surface area contributed by atoms with E-state index in [4.69, 9.17) is 0 Å². The predicted molar refractivity (Wildman–Crippen MR) is 94.2 cm³/mol. The summed E-state index contributed by atoms with van der Waals surface area (Å²) < 4.78 is 6.82. The van der Waals surface area contributed by atoms with Crippen molar-refractivity contribution >= 4 is 11.9 Å². The van der Waals surface area contributed by atoms with Crippen LogP contribution in [-0.2, 0) is 22.5 Å². The van der Waals surface area contributed by atoms with Gasteiger partial charge in [-0.15, -0.1) is 0 Å². The monoisotopic (exact) mass is 341 g/mol. The van der Waals surface area contributed by atoms with Gasteiger partial charge in [0, 0.05) is 19.2 Å². The number of carbonyl (C=O) groups excluding carboxylic acids is 2. The summed E-state index contributed by atoms with van der Waals surface area (Å²) in [7, 11) is 2.92. The van der Waals surface area contributed by atoms with Crippen molar-refractivity contribution in [3.8, 4) is 11.4 Å². The molecule has 0 saturated heterocycles. The quantitative estimate of drug-likeness (QED) is 0.802. The molecule has 0 radical (unpaired) electrons. The first kappa shape index (κ1) is 17.2. The largest absolute Gasteiger partial charge is 0.468 e. The Morgan fingerprint density at radius 2 is 1.96 bits per heavy atom. The van der Waals surface area contributed by atoms with Gasteiger partial charge in [-0.1, -0.05) is 36.8 Å². The highest BCUT2D eigenvalue weighted by atomic mass is 16.5. The van der Waals surface area contributed by atoms with Crippen molar-refractivity contribution in [3.63, 3.8) is 0 Å². The van der Waals surface area contributed by atoms with Gasteiger partial charge in [0.2, 0.25) is 0 Å². The highest BCUT2D eigenvalue weighted by Gasteiger charge is 2.26. The molecule has 0 fully saturated rings. The predicted octanol–water partition coefficient (Wildman–Crippen LogP) is 2.52. The minimum Gasteiger partial charge on any atom is -0.468 e. The number of esters is 1. The molecular weight excluding hydrogens is 318 g/mol. The highest BCUT2D eigenvalue weighted by molar-refractivity contribution is 5.96. The van der Waals surface area contributed by atoms with E-state index in [1.165, 1.54) is 12.0 Å². The van der Waals surface area contributed by atoms with Crippen LogP contribution in [0.15, 0.2) is 30.3 Å². The molecule has 1 amide bonds. The fourth-order valence-electron chi connectivity index (χ4n) is 3.21. The van der Waals surface area contributed by atoms with Crippen LogP contribution in [0.1, 0.15) is 35.4 Å². The third kappa shape index (κ3) is 3.57. The van der Waals surface area contributed by atoms with Crippen LogP contribution in [0.2, 0.25) is 0 Å². The van der Waals surface area contributed by atoms with Gasteiger partial charge in [-0.05, 0) is 19.3 Å². The normalized spacial score (nSPS) is 13.7. The fraction of sp³-hybridized carbons (Fsp3) is 0.421. The zero-order valence-corrected chi connectivity index (χ0v) is 14.7. The number of ether oxygens (including phenoxy) is 1. The summed E-state index contributed by atoms with van der Waals surface area (Å²) in [6.07, 6.45) is 4.09. The molecule has 132 valence electrons. The van der Waals surface area contributed by atoms with Gasteiger partial charge in [-0.3, -0.25) is 9.59 Å². The van der Waals surface area contributed by atoms with Crippen molar-refractivity contribution in [1.82, 2.24) is 14.5 Å². The van der Waals surface area contributed by atoms with E-state index in [-0.39, 0.29) is 12.5 Å². The third-order valence-electron chi connectivity index (χ3n) is 4.54. The summed E-state index contributed by atoms with van der Waals surface area (Å²) >= 11 is 0. The third-order valence-corrected chi connectivity index (χ3v) is 4.54. The minimum atomic E-state index is -0.440. The zero-order valence-electron chi connectivity index (χ0n) is 14.7. The lowest BCUT2D eigenvalue weighted by Gasteiger charge is -2.15. The van der Waals surface area contributed by atoms with E-state index in [9.17, 15) is 9.59 Å². The number of hydrogen-bond donors (Lipinski definition) is 0. The Balaban J connectivity index is 2.00. The lowest BCUT2D eigenvalue weighted by Crippen LogP contribution is -2.33. The van der Waals surface area contributed by atoms with Crippen molar-refractivity contribution in [2.75, 3.05) is 20.7 Å². The molecule has 0 spiro atoms. The molecule has 1 aromatic carbocycles. The molecule has 0 aliphatic carbocycles. The molecule has 1 aromatic heterocycles. The molecule has 2 heterocycles. The van der Waals surface area contributed by atoms with E-state index in [1.807, 2.05) is 30.3 Å². The number of methoxy groups -OCH3 is 1. The molecule has 0 unspecified atom stereocenters. The van der Waals surface area contributed by atoms with Gasteiger partial charge >= 0.3 is 5.97 Å². The molecule has 1 aliphatic heterocycles. The van der Waals surface area contributed by atoms with Crippen LogP contribution in [0.4, 0.5) is 0 Å². The molecule has 1 aliphatic rings. The first-order chi connectivity index (χ1) is 12.1. The number of carbonyl (C=O) groups is 2. The Kier molecular flexibility index (Phi) is 5.16. The van der Waals surface area contributed by atoms with Crippen LogP contribution in [-0.4, -0.2) is 47.0 Å². The minimum absolute atomic E-state index is 0.0810. The van der Waals surface area contributed by atoms with Crippen molar-refractivity contribution in [2.45, 2.75) is 32.2 Å². The molecule has 6 heteroatoms. The Morgan fingerprint density at radius 3 is 2.68 bits per heavy atom. The first-order valence-electron chi connectivity index (χ1n) is 8.59. The van der Waals surface area contributed by atoms with Crippen LogP contribution >= 0.6 is 0 Å². The molecule has 6 nitrogen and oxygen atoms in total. The summed E-state index contributed by atoms with van der Waals surface area (Å²) in [5.41, 5.74) is 2.42. The number of imidazole rings is 1. The van der Waals surface area contributed by atoms with E-state index in [2.05, 4.69) is 14.3 Å². The summed E-state index contributed by atoms with van der Waals surface area (Å²) in [5.74, 6) is 0.148. The maximum atomic E-state index is 12.9. The number of aromatic nitrogens is 2. The maximum Gasteiger partial charge on any atom is 0.325 e. The Hall–Kier alpha value is -2.63. The molecule has 0 atom stereocenters. The lowest BCUT2D eigenvalue weighted by atomic mass is 10.1. The van der Waals surface area contributed by atoms with Gasteiger partial charge in [0.05, 0.1) is 12.8 Å². The van der Waals surface area contributed by atoms with Crippen LogP contribution in [0, 0.1) is 0 Å². The second-order valence-electron chi connectivity index (χ2n) is 6.30. The summed E-state index contributed by atoms with van der Waals surface area (Å²) in [6, 6.07) is 9.92. The van der Waals surface area contributed by atoms with E-state index >= 15 is 0 Å². The number of amides is 1. The number of benzene rings is 1. The number of nitrogens with zero attached hydrogens (tertiary/aromatic N) is 3. The Bertz CT molecular complexity index is 768. The second-order valence-corrected chi connectivity index (χ2v) is 6.30. The highest BCUT2D eigenvalue weighted by Crippen LogP contribution is 2.27. The lowest BCUT2D eigenvalue weighted by molar-refractivity contribution is -0.141.